The topological polar surface area (TPSA) is 74.8 Å². The number of para-hydroxylation sites is 1. The van der Waals surface area contributed by atoms with Crippen LogP contribution in [0.5, 0.6) is 5.75 Å². The van der Waals surface area contributed by atoms with Crippen molar-refractivity contribution in [3.05, 3.63) is 111 Å². The van der Waals surface area contributed by atoms with Gasteiger partial charge in [-0.3, -0.25) is 9.78 Å². The van der Waals surface area contributed by atoms with E-state index in [0.717, 1.165) is 27.4 Å². The van der Waals surface area contributed by atoms with Crippen LogP contribution in [0.2, 0.25) is 5.02 Å². The number of benzene rings is 1. The van der Waals surface area contributed by atoms with Crippen molar-refractivity contribution in [2.24, 2.45) is 0 Å². The lowest BCUT2D eigenvalue weighted by Gasteiger charge is -2.16. The number of pyridine rings is 3. The highest BCUT2D eigenvalue weighted by Gasteiger charge is 2.34. The van der Waals surface area contributed by atoms with Gasteiger partial charge in [-0.05, 0) is 36.8 Å². The Bertz CT molecular complexity index is 1650. The fourth-order valence-corrected chi connectivity index (χ4v) is 4.30. The lowest BCUT2D eigenvalue weighted by Crippen LogP contribution is -2.28. The van der Waals surface area contributed by atoms with E-state index in [2.05, 4.69) is 15.0 Å². The van der Waals surface area contributed by atoms with Gasteiger partial charge in [0.2, 0.25) is 0 Å². The molecule has 0 aliphatic carbocycles. The first-order valence-corrected chi connectivity index (χ1v) is 11.5. The maximum Gasteiger partial charge on any atom is 0.421 e. The third-order valence-electron chi connectivity index (χ3n) is 5.82. The molecule has 0 fully saturated rings. The van der Waals surface area contributed by atoms with Crippen LogP contribution in [0.3, 0.4) is 0 Å². The monoisotopic (exact) mass is 525 g/mol. The van der Waals surface area contributed by atoms with Crippen molar-refractivity contribution in [3.8, 4) is 11.4 Å². The average Bonchev–Trinajstić information content (AvgIpc) is 3.39. The van der Waals surface area contributed by atoms with E-state index in [1.54, 1.807) is 18.6 Å². The van der Waals surface area contributed by atoms with E-state index in [4.69, 9.17) is 16.3 Å². The van der Waals surface area contributed by atoms with E-state index < -0.39 is 17.3 Å². The van der Waals surface area contributed by atoms with Gasteiger partial charge in [0, 0.05) is 47.6 Å². The summed E-state index contributed by atoms with van der Waals surface area (Å²) in [5.41, 5.74) is 0.858. The molecule has 0 saturated heterocycles. The molecule has 0 radical (unpaired) electrons. The van der Waals surface area contributed by atoms with Crippen LogP contribution in [-0.2, 0) is 19.3 Å². The molecule has 1 aromatic carbocycles. The van der Waals surface area contributed by atoms with Gasteiger partial charge in [0.15, 0.2) is 0 Å². The van der Waals surface area contributed by atoms with Crippen LogP contribution < -0.4 is 10.3 Å². The third-order valence-corrected chi connectivity index (χ3v) is 6.15. The smallest absolute Gasteiger partial charge is 0.421 e. The lowest BCUT2D eigenvalue weighted by molar-refractivity contribution is -0.138. The van der Waals surface area contributed by atoms with Crippen molar-refractivity contribution in [1.29, 1.82) is 0 Å². The number of imidazole rings is 1. The fraction of sp³-hybridized carbons (Fsp3) is 0.154. The molecule has 0 bridgehead atoms. The Morgan fingerprint density at radius 3 is 2.68 bits per heavy atom. The molecule has 0 atom stereocenters. The number of ether oxygens (including phenoxy) is 1. The normalized spacial score (nSPS) is 11.7. The van der Waals surface area contributed by atoms with Crippen molar-refractivity contribution in [2.45, 2.75) is 26.3 Å². The van der Waals surface area contributed by atoms with Crippen LogP contribution in [0.15, 0.2) is 78.5 Å². The summed E-state index contributed by atoms with van der Waals surface area (Å²) in [4.78, 5) is 25.3. The highest BCUT2D eigenvalue weighted by molar-refractivity contribution is 6.31. The minimum Gasteiger partial charge on any atom is -0.487 e. The summed E-state index contributed by atoms with van der Waals surface area (Å²) in [5.74, 6) is 0.498. The Hall–Kier alpha value is -4.18. The average molecular weight is 526 g/mol. The van der Waals surface area contributed by atoms with E-state index >= 15 is 0 Å². The molecule has 5 aromatic rings. The van der Waals surface area contributed by atoms with Gasteiger partial charge in [-0.2, -0.15) is 13.2 Å². The molecule has 0 aliphatic heterocycles. The molecule has 0 amide bonds. The molecule has 37 heavy (non-hydrogen) atoms. The summed E-state index contributed by atoms with van der Waals surface area (Å²) in [7, 11) is 0. The Morgan fingerprint density at radius 2 is 1.92 bits per heavy atom. The van der Waals surface area contributed by atoms with Crippen molar-refractivity contribution >= 4 is 22.5 Å². The minimum atomic E-state index is -4.76. The van der Waals surface area contributed by atoms with Gasteiger partial charge < -0.3 is 13.9 Å². The van der Waals surface area contributed by atoms with E-state index in [0.29, 0.717) is 22.4 Å². The lowest BCUT2D eigenvalue weighted by atomic mass is 10.1. The summed E-state index contributed by atoms with van der Waals surface area (Å²) in [6.07, 6.45) is 4.62. The summed E-state index contributed by atoms with van der Waals surface area (Å²) >= 11 is 6.41. The first-order chi connectivity index (χ1) is 17.7. The van der Waals surface area contributed by atoms with E-state index in [1.165, 1.54) is 24.7 Å². The van der Waals surface area contributed by atoms with Crippen LogP contribution in [0.1, 0.15) is 22.4 Å². The zero-order chi connectivity index (χ0) is 26.2. The number of alkyl halides is 3. The van der Waals surface area contributed by atoms with Crippen molar-refractivity contribution in [3.63, 3.8) is 0 Å². The SMILES string of the molecule is Cc1cc(-n2ccnc2)c2cccc(OCc3c(Cl)cncc3Cn3cccc(C(F)(F)F)c3=O)c2n1. The van der Waals surface area contributed by atoms with Gasteiger partial charge in [0.25, 0.3) is 5.56 Å². The van der Waals surface area contributed by atoms with Crippen molar-refractivity contribution < 1.29 is 17.9 Å². The summed E-state index contributed by atoms with van der Waals surface area (Å²) in [6.45, 7) is 1.70. The predicted octanol–water partition coefficient (Wildman–Crippen LogP) is 5.59. The molecule has 0 N–H and O–H groups in total. The second-order valence-corrected chi connectivity index (χ2v) is 8.71. The molecule has 4 aromatic heterocycles. The Balaban J connectivity index is 1.49. The molecular weight excluding hydrogens is 507 g/mol. The van der Waals surface area contributed by atoms with E-state index in [-0.39, 0.29) is 18.2 Å². The molecule has 0 aliphatic rings. The highest BCUT2D eigenvalue weighted by Crippen LogP contribution is 2.31. The number of hydrogen-bond donors (Lipinski definition) is 0. The number of halogens is 4. The van der Waals surface area contributed by atoms with Crippen molar-refractivity contribution in [2.75, 3.05) is 0 Å². The Kier molecular flexibility index (Phi) is 6.43. The van der Waals surface area contributed by atoms with E-state index in [1.807, 2.05) is 35.9 Å². The predicted molar refractivity (Wildman–Crippen MR) is 132 cm³/mol. The molecule has 188 valence electrons. The third kappa shape index (κ3) is 4.92. The molecule has 7 nitrogen and oxygen atoms in total. The second kappa shape index (κ2) is 9.70. The minimum absolute atomic E-state index is 0.0143. The Morgan fingerprint density at radius 1 is 1.08 bits per heavy atom. The van der Waals surface area contributed by atoms with E-state index in [9.17, 15) is 18.0 Å². The largest absolute Gasteiger partial charge is 0.487 e. The molecule has 5 rings (SSSR count). The first kappa shape index (κ1) is 24.5. The number of aryl methyl sites for hydroxylation is 1. The highest BCUT2D eigenvalue weighted by atomic mass is 35.5. The number of fused-ring (bicyclic) bond motifs is 1. The molecule has 0 saturated carbocycles. The summed E-state index contributed by atoms with van der Waals surface area (Å²) in [6, 6.07) is 9.42. The summed E-state index contributed by atoms with van der Waals surface area (Å²) in [5, 5.41) is 1.11. The van der Waals surface area contributed by atoms with Crippen LogP contribution in [0.25, 0.3) is 16.6 Å². The maximum atomic E-state index is 13.2. The maximum absolute atomic E-state index is 13.2. The molecular formula is C26H19ClF3N5O2. The van der Waals surface area contributed by atoms with Gasteiger partial charge in [-0.15, -0.1) is 0 Å². The standard InChI is InChI=1S/C26H19ClF3N5O2/c1-16-10-22(35-9-7-31-15-35)18-4-2-6-23(24(18)33-16)37-14-19-17(11-32-12-21(19)27)13-34-8-3-5-20(25(34)36)26(28,29)30/h2-12,15H,13-14H2,1H3. The number of hydrogen-bond acceptors (Lipinski definition) is 5. The van der Waals surface area contributed by atoms with Crippen LogP contribution in [0.4, 0.5) is 13.2 Å². The second-order valence-electron chi connectivity index (χ2n) is 8.31. The van der Waals surface area contributed by atoms with Gasteiger partial charge >= 0.3 is 6.18 Å². The van der Waals surface area contributed by atoms with Crippen LogP contribution >= 0.6 is 11.6 Å². The number of rotatable bonds is 6. The van der Waals surface area contributed by atoms with Crippen LogP contribution in [-0.4, -0.2) is 24.1 Å². The Labute approximate surface area is 213 Å². The van der Waals surface area contributed by atoms with Gasteiger partial charge in [-0.1, -0.05) is 23.7 Å². The molecule has 0 spiro atoms. The molecule has 0 unspecified atom stereocenters. The quantitative estimate of drug-likeness (QED) is 0.289. The molecule has 4 heterocycles. The zero-order valence-corrected chi connectivity index (χ0v) is 20.2. The number of aromatic nitrogens is 5. The fourth-order valence-electron chi connectivity index (χ4n) is 4.07. The van der Waals surface area contributed by atoms with Gasteiger partial charge in [0.1, 0.15) is 23.4 Å². The van der Waals surface area contributed by atoms with Crippen LogP contribution in [0, 0.1) is 6.92 Å². The van der Waals surface area contributed by atoms with Gasteiger partial charge in [-0.25, -0.2) is 9.97 Å². The van der Waals surface area contributed by atoms with Gasteiger partial charge in [0.05, 0.1) is 23.6 Å². The molecule has 11 heteroatoms. The van der Waals surface area contributed by atoms with Crippen molar-refractivity contribution in [1.82, 2.24) is 24.1 Å². The first-order valence-electron chi connectivity index (χ1n) is 11.1. The summed E-state index contributed by atoms with van der Waals surface area (Å²) < 4.78 is 48.6. The zero-order valence-electron chi connectivity index (χ0n) is 19.4. The number of nitrogens with zero attached hydrogens (tertiary/aromatic N) is 5.